The number of carbonyl (C=O) groups is 1. The molecule has 0 saturated carbocycles. The minimum Gasteiger partial charge on any atom is -0.444 e. The average Bonchev–Trinajstić information content (AvgIpc) is 2.92. The van der Waals surface area contributed by atoms with Gasteiger partial charge < -0.3 is 24.6 Å². The summed E-state index contributed by atoms with van der Waals surface area (Å²) in [5.74, 6) is 0. The van der Waals surface area contributed by atoms with Crippen molar-refractivity contribution in [2.75, 3.05) is 29.9 Å². The molecule has 1 aromatic rings. The van der Waals surface area contributed by atoms with Gasteiger partial charge in [-0.3, -0.25) is 0 Å². The number of anilines is 2. The van der Waals surface area contributed by atoms with Crippen molar-refractivity contribution in [1.29, 1.82) is 0 Å². The van der Waals surface area contributed by atoms with Gasteiger partial charge >= 0.3 is 6.09 Å². The van der Waals surface area contributed by atoms with Crippen LogP contribution in [-0.2, 0) is 9.47 Å². The molecule has 3 rings (SSSR count). The molecular weight excluding hydrogens is 318 g/mol. The molecule has 0 aromatic heterocycles. The zero-order valence-corrected chi connectivity index (χ0v) is 15.6. The Bertz CT molecular complexity index is 606. The highest BCUT2D eigenvalue weighted by molar-refractivity contribution is 5.76. The highest BCUT2D eigenvalue weighted by Crippen LogP contribution is 2.38. The molecule has 1 unspecified atom stereocenters. The van der Waals surface area contributed by atoms with E-state index in [1.165, 1.54) is 5.69 Å². The molecule has 1 atom stereocenters. The van der Waals surface area contributed by atoms with Gasteiger partial charge in [-0.1, -0.05) is 12.1 Å². The van der Waals surface area contributed by atoms with Crippen molar-refractivity contribution >= 4 is 17.5 Å². The Hall–Kier alpha value is -1.95. The molecule has 1 fully saturated rings. The molecule has 1 aromatic carbocycles. The smallest absolute Gasteiger partial charge is 0.410 e. The van der Waals surface area contributed by atoms with Crippen LogP contribution in [-0.4, -0.2) is 48.7 Å². The number of carbonyl (C=O) groups excluding carboxylic acids is 1. The van der Waals surface area contributed by atoms with Crippen molar-refractivity contribution in [2.24, 2.45) is 0 Å². The molecule has 25 heavy (non-hydrogen) atoms. The molecule has 0 radical (unpaired) electrons. The lowest BCUT2D eigenvalue weighted by molar-refractivity contribution is 0.0185. The summed E-state index contributed by atoms with van der Waals surface area (Å²) in [4.78, 5) is 16.4. The van der Waals surface area contributed by atoms with E-state index in [-0.39, 0.29) is 12.4 Å². The third kappa shape index (κ3) is 4.00. The fourth-order valence-electron chi connectivity index (χ4n) is 3.47. The van der Waals surface area contributed by atoms with Gasteiger partial charge in [0.25, 0.3) is 0 Å². The predicted molar refractivity (Wildman–Crippen MR) is 98.8 cm³/mol. The van der Waals surface area contributed by atoms with Gasteiger partial charge in [-0.15, -0.1) is 0 Å². The summed E-state index contributed by atoms with van der Waals surface area (Å²) in [6, 6.07) is 8.63. The minimum absolute atomic E-state index is 0.138. The first kappa shape index (κ1) is 17.9. The van der Waals surface area contributed by atoms with Crippen molar-refractivity contribution in [3.63, 3.8) is 0 Å². The van der Waals surface area contributed by atoms with E-state index in [1.54, 1.807) is 0 Å². The van der Waals surface area contributed by atoms with Crippen molar-refractivity contribution in [2.45, 2.75) is 58.5 Å². The second-order valence-corrected chi connectivity index (χ2v) is 7.58. The number of para-hydroxylation sites is 2. The van der Waals surface area contributed by atoms with Crippen LogP contribution in [0.5, 0.6) is 0 Å². The Morgan fingerprint density at radius 1 is 1.24 bits per heavy atom. The monoisotopic (exact) mass is 347 g/mol. The first-order valence-electron chi connectivity index (χ1n) is 9.12. The average molecular weight is 347 g/mol. The van der Waals surface area contributed by atoms with E-state index in [2.05, 4.69) is 28.4 Å². The van der Waals surface area contributed by atoms with Gasteiger partial charge in [0.1, 0.15) is 5.60 Å². The largest absolute Gasteiger partial charge is 0.444 e. The molecule has 2 heterocycles. The van der Waals surface area contributed by atoms with Crippen LogP contribution in [0.15, 0.2) is 24.3 Å². The third-order valence-corrected chi connectivity index (χ3v) is 4.55. The number of hydrogen-bond acceptors (Lipinski definition) is 5. The number of benzene rings is 1. The number of ether oxygens (including phenoxy) is 2. The fourth-order valence-corrected chi connectivity index (χ4v) is 3.47. The molecule has 1 N–H and O–H groups in total. The summed E-state index contributed by atoms with van der Waals surface area (Å²) in [5.41, 5.74) is 1.83. The summed E-state index contributed by atoms with van der Waals surface area (Å²) in [5, 5.41) is 3.45. The molecule has 0 spiro atoms. The molecule has 1 saturated heterocycles. The van der Waals surface area contributed by atoms with E-state index >= 15 is 0 Å². The lowest BCUT2D eigenvalue weighted by Gasteiger charge is -2.40. The van der Waals surface area contributed by atoms with Gasteiger partial charge in [-0.2, -0.15) is 0 Å². The van der Waals surface area contributed by atoms with Crippen LogP contribution < -0.4 is 10.2 Å². The zero-order chi connectivity index (χ0) is 18.0. The molecule has 138 valence electrons. The van der Waals surface area contributed by atoms with Crippen LogP contribution in [0.3, 0.4) is 0 Å². The Labute approximate surface area is 150 Å². The molecule has 2 aliphatic rings. The SMILES string of the molecule is CCOC1Nc2ccccc2N1C1CCN(C(=O)OC(C)(C)C)CC1. The van der Waals surface area contributed by atoms with E-state index in [0.29, 0.717) is 25.7 Å². The molecule has 0 aliphatic carbocycles. The van der Waals surface area contributed by atoms with Crippen molar-refractivity contribution in [1.82, 2.24) is 4.90 Å². The van der Waals surface area contributed by atoms with E-state index < -0.39 is 5.60 Å². The van der Waals surface area contributed by atoms with Crippen LogP contribution in [0.4, 0.5) is 16.2 Å². The Morgan fingerprint density at radius 2 is 1.92 bits per heavy atom. The molecule has 6 nitrogen and oxygen atoms in total. The summed E-state index contributed by atoms with van der Waals surface area (Å²) in [7, 11) is 0. The highest BCUT2D eigenvalue weighted by Gasteiger charge is 2.37. The quantitative estimate of drug-likeness (QED) is 0.905. The van der Waals surface area contributed by atoms with E-state index in [1.807, 2.05) is 38.7 Å². The lowest BCUT2D eigenvalue weighted by atomic mass is 10.0. The number of piperidine rings is 1. The number of fused-ring (bicyclic) bond motifs is 1. The molecule has 1 amide bonds. The molecule has 6 heteroatoms. The Morgan fingerprint density at radius 3 is 2.56 bits per heavy atom. The van der Waals surface area contributed by atoms with E-state index in [4.69, 9.17) is 9.47 Å². The molecule has 2 aliphatic heterocycles. The number of likely N-dealkylation sites (tertiary alicyclic amines) is 1. The second-order valence-electron chi connectivity index (χ2n) is 7.58. The number of nitrogens with one attached hydrogen (secondary N) is 1. The molecule has 0 bridgehead atoms. The van der Waals surface area contributed by atoms with Crippen LogP contribution >= 0.6 is 0 Å². The van der Waals surface area contributed by atoms with Crippen LogP contribution in [0.2, 0.25) is 0 Å². The summed E-state index contributed by atoms with van der Waals surface area (Å²) < 4.78 is 11.4. The number of nitrogens with zero attached hydrogens (tertiary/aromatic N) is 2. The van der Waals surface area contributed by atoms with E-state index in [9.17, 15) is 4.79 Å². The maximum Gasteiger partial charge on any atom is 0.410 e. The topological polar surface area (TPSA) is 54.0 Å². The highest BCUT2D eigenvalue weighted by atomic mass is 16.6. The van der Waals surface area contributed by atoms with Crippen LogP contribution in [0.25, 0.3) is 0 Å². The first-order valence-corrected chi connectivity index (χ1v) is 9.12. The minimum atomic E-state index is -0.453. The lowest BCUT2D eigenvalue weighted by Crippen LogP contribution is -2.51. The zero-order valence-electron chi connectivity index (χ0n) is 15.6. The van der Waals surface area contributed by atoms with Crippen LogP contribution in [0.1, 0.15) is 40.5 Å². The molecular formula is C19H29N3O3. The first-order chi connectivity index (χ1) is 11.9. The van der Waals surface area contributed by atoms with Crippen molar-refractivity contribution < 1.29 is 14.3 Å². The van der Waals surface area contributed by atoms with Gasteiger partial charge in [0.2, 0.25) is 6.35 Å². The summed E-state index contributed by atoms with van der Waals surface area (Å²) in [6.45, 7) is 9.77. The number of rotatable bonds is 3. The number of hydrogen-bond donors (Lipinski definition) is 1. The van der Waals surface area contributed by atoms with Gasteiger partial charge in [0.15, 0.2) is 0 Å². The third-order valence-electron chi connectivity index (χ3n) is 4.55. The maximum atomic E-state index is 12.3. The van der Waals surface area contributed by atoms with Gasteiger partial charge in [0, 0.05) is 25.7 Å². The van der Waals surface area contributed by atoms with Gasteiger partial charge in [-0.25, -0.2) is 4.79 Å². The summed E-state index contributed by atoms with van der Waals surface area (Å²) >= 11 is 0. The Kier molecular flexibility index (Phi) is 5.08. The fraction of sp³-hybridized carbons (Fsp3) is 0.632. The van der Waals surface area contributed by atoms with Crippen molar-refractivity contribution in [3.05, 3.63) is 24.3 Å². The Balaban J connectivity index is 1.66. The normalized spacial score (nSPS) is 21.0. The van der Waals surface area contributed by atoms with E-state index in [0.717, 1.165) is 18.5 Å². The standard InChI is InChI=1S/C19H29N3O3/c1-5-24-17-20-15-8-6-7-9-16(15)22(17)14-10-12-21(13-11-14)18(23)25-19(2,3)4/h6-9,14,17,20H,5,10-13H2,1-4H3. The van der Waals surface area contributed by atoms with Crippen molar-refractivity contribution in [3.8, 4) is 0 Å². The maximum absolute atomic E-state index is 12.3. The van der Waals surface area contributed by atoms with Gasteiger partial charge in [0.05, 0.1) is 11.4 Å². The predicted octanol–water partition coefficient (Wildman–Crippen LogP) is 3.64. The summed E-state index contributed by atoms with van der Waals surface area (Å²) in [6.07, 6.45) is 1.45. The number of amides is 1. The second kappa shape index (κ2) is 7.12. The van der Waals surface area contributed by atoms with Gasteiger partial charge in [-0.05, 0) is 52.7 Å². The van der Waals surface area contributed by atoms with Crippen LogP contribution in [0, 0.1) is 0 Å².